The fraction of sp³-hybridized carbons (Fsp3) is 0.222. The van der Waals surface area contributed by atoms with Crippen LogP contribution in [0.5, 0.6) is 5.75 Å². The lowest BCUT2D eigenvalue weighted by atomic mass is 10.1. The highest BCUT2D eigenvalue weighted by molar-refractivity contribution is 9.10. The van der Waals surface area contributed by atoms with Crippen molar-refractivity contribution in [2.75, 3.05) is 13.6 Å². The van der Waals surface area contributed by atoms with Gasteiger partial charge in [-0.25, -0.2) is 0 Å². The molecule has 0 spiro atoms. The van der Waals surface area contributed by atoms with Gasteiger partial charge in [-0.15, -0.1) is 0 Å². The van der Waals surface area contributed by atoms with E-state index in [2.05, 4.69) is 21.2 Å². The summed E-state index contributed by atoms with van der Waals surface area (Å²) in [6.45, 7) is 0.172. The van der Waals surface area contributed by atoms with E-state index in [1.807, 2.05) is 0 Å². The number of Topliss-reactive ketones (excluding diaryl/α,β-unsaturated/α-hetero) is 1. The van der Waals surface area contributed by atoms with Crippen LogP contribution in [-0.4, -0.2) is 24.5 Å². The topological polar surface area (TPSA) is 49.3 Å². The summed E-state index contributed by atoms with van der Waals surface area (Å²) in [5.41, 5.74) is 0.229. The highest BCUT2D eigenvalue weighted by Crippen LogP contribution is 2.30. The molecule has 0 aliphatic heterocycles. The molecule has 0 atom stereocenters. The van der Waals surface area contributed by atoms with E-state index in [4.69, 9.17) is 11.6 Å². The molecule has 0 saturated heterocycles. The van der Waals surface area contributed by atoms with Crippen molar-refractivity contribution >= 4 is 33.3 Å². The number of carbonyl (C=O) groups is 1. The van der Waals surface area contributed by atoms with Crippen molar-refractivity contribution in [1.82, 2.24) is 5.32 Å². The molecule has 0 aliphatic carbocycles. The maximum absolute atomic E-state index is 11.4. The van der Waals surface area contributed by atoms with Crippen molar-refractivity contribution in [2.24, 2.45) is 0 Å². The molecule has 5 heteroatoms. The Morgan fingerprint density at radius 3 is 2.86 bits per heavy atom. The lowest BCUT2D eigenvalue weighted by Gasteiger charge is -2.05. The van der Waals surface area contributed by atoms with Crippen LogP contribution in [0, 0.1) is 0 Å². The zero-order valence-corrected chi connectivity index (χ0v) is 9.82. The smallest absolute Gasteiger partial charge is 0.180 e. The molecule has 1 rings (SSSR count). The maximum atomic E-state index is 11.4. The predicted octanol–water partition coefficient (Wildman–Crippen LogP) is 2.21. The molecular weight excluding hydrogens is 269 g/mol. The number of rotatable bonds is 3. The summed E-state index contributed by atoms with van der Waals surface area (Å²) in [5.74, 6) is -0.263. The standard InChI is InChI=1S/C9H9BrClNO2/c1-12-4-9(14)5-2-7(11)6(10)3-8(5)13/h2-3,12-13H,4H2,1H3. The number of phenolic OH excluding ortho intramolecular Hbond substituents is 1. The second-order valence-corrected chi connectivity index (χ2v) is 4.00. The van der Waals surface area contributed by atoms with Crippen LogP contribution in [0.25, 0.3) is 0 Å². The van der Waals surface area contributed by atoms with Crippen LogP contribution in [0.3, 0.4) is 0 Å². The Hall–Kier alpha value is -0.580. The molecule has 1 aromatic rings. The summed E-state index contributed by atoms with van der Waals surface area (Å²) < 4.78 is 0.567. The summed E-state index contributed by atoms with van der Waals surface area (Å²) in [7, 11) is 1.66. The number of likely N-dealkylation sites (N-methyl/N-ethyl adjacent to an activating group) is 1. The Morgan fingerprint density at radius 1 is 1.64 bits per heavy atom. The summed E-state index contributed by atoms with van der Waals surface area (Å²) in [6.07, 6.45) is 0. The van der Waals surface area contributed by atoms with E-state index in [-0.39, 0.29) is 23.6 Å². The van der Waals surface area contributed by atoms with Gasteiger partial charge in [0.2, 0.25) is 0 Å². The number of ketones is 1. The molecule has 76 valence electrons. The molecule has 0 amide bonds. The zero-order valence-electron chi connectivity index (χ0n) is 7.47. The van der Waals surface area contributed by atoms with E-state index in [9.17, 15) is 9.90 Å². The molecule has 3 nitrogen and oxygen atoms in total. The second-order valence-electron chi connectivity index (χ2n) is 2.74. The molecule has 2 N–H and O–H groups in total. The Morgan fingerprint density at radius 2 is 2.29 bits per heavy atom. The molecule has 0 heterocycles. The average Bonchev–Trinajstić information content (AvgIpc) is 2.11. The normalized spacial score (nSPS) is 10.2. The average molecular weight is 279 g/mol. The molecule has 0 fully saturated rings. The number of halogens is 2. The first-order chi connectivity index (χ1) is 6.56. The van der Waals surface area contributed by atoms with Gasteiger partial charge in [-0.3, -0.25) is 4.79 Å². The third-order valence-corrected chi connectivity index (χ3v) is 2.87. The van der Waals surface area contributed by atoms with Crippen LogP contribution < -0.4 is 5.32 Å². The number of phenols is 1. The van der Waals surface area contributed by atoms with Crippen molar-refractivity contribution in [1.29, 1.82) is 0 Å². The van der Waals surface area contributed by atoms with Gasteiger partial charge in [-0.05, 0) is 35.1 Å². The fourth-order valence-electron chi connectivity index (χ4n) is 1.02. The molecule has 0 bridgehead atoms. The first-order valence-electron chi connectivity index (χ1n) is 3.92. The van der Waals surface area contributed by atoms with E-state index in [1.54, 1.807) is 7.05 Å². The SMILES string of the molecule is CNCC(=O)c1cc(Cl)c(Br)cc1O. The van der Waals surface area contributed by atoms with Crippen LogP contribution in [0.15, 0.2) is 16.6 Å². The molecule has 1 aromatic carbocycles. The van der Waals surface area contributed by atoms with Crippen LogP contribution in [-0.2, 0) is 0 Å². The number of nitrogens with one attached hydrogen (secondary N) is 1. The van der Waals surface area contributed by atoms with Gasteiger partial charge in [0.1, 0.15) is 5.75 Å². The monoisotopic (exact) mass is 277 g/mol. The molecule has 0 unspecified atom stereocenters. The number of hydrogen-bond acceptors (Lipinski definition) is 3. The molecule has 0 saturated carbocycles. The minimum atomic E-state index is -0.195. The molecule has 14 heavy (non-hydrogen) atoms. The summed E-state index contributed by atoms with van der Waals surface area (Å²) in [6, 6.07) is 2.85. The van der Waals surface area contributed by atoms with Gasteiger partial charge in [0.25, 0.3) is 0 Å². The number of hydrogen-bond donors (Lipinski definition) is 2. The lowest BCUT2D eigenvalue weighted by Crippen LogP contribution is -2.18. The first-order valence-corrected chi connectivity index (χ1v) is 5.09. The zero-order chi connectivity index (χ0) is 10.7. The van der Waals surface area contributed by atoms with Crippen molar-refractivity contribution in [3.8, 4) is 5.75 Å². The maximum Gasteiger partial charge on any atom is 0.180 e. The molecule has 0 aliphatic rings. The van der Waals surface area contributed by atoms with E-state index >= 15 is 0 Å². The molecule has 0 aromatic heterocycles. The summed E-state index contributed by atoms with van der Waals surface area (Å²) in [4.78, 5) is 11.4. The lowest BCUT2D eigenvalue weighted by molar-refractivity contribution is 0.0991. The quantitative estimate of drug-likeness (QED) is 0.834. The minimum Gasteiger partial charge on any atom is -0.507 e. The van der Waals surface area contributed by atoms with E-state index in [1.165, 1.54) is 12.1 Å². The highest BCUT2D eigenvalue weighted by Gasteiger charge is 2.12. The van der Waals surface area contributed by atoms with Crippen LogP contribution in [0.2, 0.25) is 5.02 Å². The highest BCUT2D eigenvalue weighted by atomic mass is 79.9. The van der Waals surface area contributed by atoms with Gasteiger partial charge in [0.15, 0.2) is 5.78 Å². The number of benzene rings is 1. The number of aromatic hydroxyl groups is 1. The molecular formula is C9H9BrClNO2. The van der Waals surface area contributed by atoms with E-state index < -0.39 is 0 Å². The van der Waals surface area contributed by atoms with Crippen LogP contribution in [0.1, 0.15) is 10.4 Å². The van der Waals surface area contributed by atoms with Gasteiger partial charge < -0.3 is 10.4 Å². The predicted molar refractivity (Wildman–Crippen MR) is 59.1 cm³/mol. The largest absolute Gasteiger partial charge is 0.507 e. The third-order valence-electron chi connectivity index (χ3n) is 1.68. The van der Waals surface area contributed by atoms with Crippen molar-refractivity contribution in [3.05, 3.63) is 27.2 Å². The Kier molecular flexibility index (Phi) is 3.92. The Labute approximate surface area is 95.2 Å². The van der Waals surface area contributed by atoms with Gasteiger partial charge in [0.05, 0.1) is 17.1 Å². The second kappa shape index (κ2) is 4.77. The van der Waals surface area contributed by atoms with Gasteiger partial charge in [-0.1, -0.05) is 11.6 Å². The van der Waals surface area contributed by atoms with Crippen molar-refractivity contribution in [3.63, 3.8) is 0 Å². The van der Waals surface area contributed by atoms with Crippen molar-refractivity contribution < 1.29 is 9.90 Å². The Bertz CT molecular complexity index is 368. The van der Waals surface area contributed by atoms with Crippen LogP contribution in [0.4, 0.5) is 0 Å². The molecule has 0 radical (unpaired) electrons. The summed E-state index contributed by atoms with van der Waals surface area (Å²) >= 11 is 8.95. The Balaban J connectivity index is 3.09. The minimum absolute atomic E-state index is 0.0680. The van der Waals surface area contributed by atoms with E-state index in [0.717, 1.165) is 0 Å². The summed E-state index contributed by atoms with van der Waals surface area (Å²) in [5, 5.41) is 12.6. The van der Waals surface area contributed by atoms with Crippen molar-refractivity contribution in [2.45, 2.75) is 0 Å². The first kappa shape index (κ1) is 11.5. The van der Waals surface area contributed by atoms with Crippen LogP contribution >= 0.6 is 27.5 Å². The fourth-order valence-corrected chi connectivity index (χ4v) is 1.51. The number of carbonyl (C=O) groups excluding carboxylic acids is 1. The third kappa shape index (κ3) is 2.47. The van der Waals surface area contributed by atoms with Gasteiger partial charge in [-0.2, -0.15) is 0 Å². The van der Waals surface area contributed by atoms with Gasteiger partial charge in [0, 0.05) is 4.47 Å². The van der Waals surface area contributed by atoms with Gasteiger partial charge >= 0.3 is 0 Å². The van der Waals surface area contributed by atoms with E-state index in [0.29, 0.717) is 9.50 Å².